The van der Waals surface area contributed by atoms with Crippen molar-refractivity contribution >= 4 is 11.8 Å². The first-order chi connectivity index (χ1) is 12.8. The number of rotatable bonds is 3. The third kappa shape index (κ3) is 3.86. The van der Waals surface area contributed by atoms with E-state index < -0.39 is 11.9 Å². The molecule has 0 bridgehead atoms. The molecule has 0 N–H and O–H groups in total. The number of carbonyl (C=O) groups excluding carboxylic acids is 1. The van der Waals surface area contributed by atoms with Gasteiger partial charge < -0.3 is 14.2 Å². The van der Waals surface area contributed by atoms with Crippen LogP contribution in [-0.2, 0) is 22.6 Å². The van der Waals surface area contributed by atoms with Crippen molar-refractivity contribution < 1.29 is 19.0 Å². The van der Waals surface area contributed by atoms with Crippen molar-refractivity contribution in [3.8, 4) is 11.8 Å². The summed E-state index contributed by atoms with van der Waals surface area (Å²) >= 11 is 0. The average molecular weight is 367 g/mol. The molecule has 0 aliphatic carbocycles. The van der Waals surface area contributed by atoms with Gasteiger partial charge in [0.05, 0.1) is 49.5 Å². The maximum Gasteiger partial charge on any atom is 0.414 e. The third-order valence-electron chi connectivity index (χ3n) is 4.31. The number of hydrogen-bond donors (Lipinski definition) is 0. The van der Waals surface area contributed by atoms with Gasteiger partial charge in [-0.15, -0.1) is 0 Å². The second-order valence-corrected chi connectivity index (χ2v) is 6.69. The molecular weight excluding hydrogens is 346 g/mol. The molecule has 1 aromatic heterocycles. The van der Waals surface area contributed by atoms with Gasteiger partial charge in [-0.1, -0.05) is 12.1 Å². The van der Waals surface area contributed by atoms with Crippen LogP contribution in [0.1, 0.15) is 36.2 Å². The second-order valence-electron chi connectivity index (χ2n) is 6.69. The fraction of sp³-hybridized carbons (Fsp3) is 0.350. The van der Waals surface area contributed by atoms with Crippen molar-refractivity contribution in [2.75, 3.05) is 12.0 Å². The average Bonchev–Trinajstić information content (AvgIpc) is 2.66. The first kappa shape index (κ1) is 18.7. The highest BCUT2D eigenvalue weighted by atomic mass is 16.7. The molecule has 2 aromatic rings. The lowest BCUT2D eigenvalue weighted by molar-refractivity contribution is -0.180. The lowest BCUT2D eigenvalue weighted by Crippen LogP contribution is -2.38. The van der Waals surface area contributed by atoms with E-state index in [0.29, 0.717) is 23.6 Å². The smallest absolute Gasteiger partial charge is 0.414 e. The zero-order valence-corrected chi connectivity index (χ0v) is 15.8. The zero-order chi connectivity index (χ0) is 19.6. The fourth-order valence-corrected chi connectivity index (χ4v) is 2.88. The molecule has 0 atom stereocenters. The predicted molar refractivity (Wildman–Crippen MR) is 98.2 cm³/mol. The molecule has 0 saturated heterocycles. The van der Waals surface area contributed by atoms with E-state index in [9.17, 15) is 4.79 Å². The number of aromatic nitrogens is 1. The van der Waals surface area contributed by atoms with Gasteiger partial charge in [0, 0.05) is 19.4 Å². The number of anilines is 1. The van der Waals surface area contributed by atoms with Gasteiger partial charge in [-0.2, -0.15) is 5.26 Å². The van der Waals surface area contributed by atoms with Gasteiger partial charge in [0.15, 0.2) is 5.75 Å². The summed E-state index contributed by atoms with van der Waals surface area (Å²) in [5.41, 5.74) is 3.46. The Morgan fingerprint density at radius 3 is 2.70 bits per heavy atom. The summed E-state index contributed by atoms with van der Waals surface area (Å²) in [5.74, 6) is -0.140. The van der Waals surface area contributed by atoms with Crippen LogP contribution in [-0.4, -0.2) is 24.0 Å². The summed E-state index contributed by atoms with van der Waals surface area (Å²) in [6, 6.07) is 9.11. The van der Waals surface area contributed by atoms with Gasteiger partial charge in [-0.3, -0.25) is 9.88 Å². The summed E-state index contributed by atoms with van der Waals surface area (Å²) in [6.45, 7) is 6.07. The summed E-state index contributed by atoms with van der Waals surface area (Å²) in [6.07, 6.45) is 1.11. The van der Waals surface area contributed by atoms with Gasteiger partial charge in [0.1, 0.15) is 0 Å². The van der Waals surface area contributed by atoms with Crippen LogP contribution in [0.15, 0.2) is 30.5 Å². The normalized spacial score (nSPS) is 14.5. The maximum atomic E-state index is 12.5. The van der Waals surface area contributed by atoms with E-state index in [4.69, 9.17) is 19.5 Å². The highest BCUT2D eigenvalue weighted by molar-refractivity contribution is 5.89. The summed E-state index contributed by atoms with van der Waals surface area (Å²) < 4.78 is 16.7. The van der Waals surface area contributed by atoms with E-state index >= 15 is 0 Å². The fourth-order valence-electron chi connectivity index (χ4n) is 2.88. The molecule has 27 heavy (non-hydrogen) atoms. The Labute approximate surface area is 158 Å². The van der Waals surface area contributed by atoms with E-state index in [1.165, 1.54) is 12.0 Å². The Kier molecular flexibility index (Phi) is 5.02. The molecule has 140 valence electrons. The Morgan fingerprint density at radius 1 is 1.37 bits per heavy atom. The van der Waals surface area contributed by atoms with E-state index in [0.717, 1.165) is 16.8 Å². The minimum absolute atomic E-state index is 0.263. The number of aryl methyl sites for hydroxylation is 1. The molecule has 0 spiro atoms. The van der Waals surface area contributed by atoms with E-state index in [-0.39, 0.29) is 6.54 Å². The monoisotopic (exact) mass is 367 g/mol. The number of nitrogens with zero attached hydrogens (tertiary/aromatic N) is 3. The molecule has 0 unspecified atom stereocenters. The quantitative estimate of drug-likeness (QED) is 0.823. The highest BCUT2D eigenvalue weighted by Gasteiger charge is 2.33. The zero-order valence-electron chi connectivity index (χ0n) is 15.8. The van der Waals surface area contributed by atoms with Crippen LogP contribution < -0.4 is 9.64 Å². The molecule has 7 heteroatoms. The first-order valence-electron chi connectivity index (χ1n) is 8.50. The Bertz CT molecular complexity index is 901. The maximum absolute atomic E-state index is 12.5. The summed E-state index contributed by atoms with van der Waals surface area (Å²) in [5, 5.41) is 8.94. The van der Waals surface area contributed by atoms with Crippen LogP contribution in [0.3, 0.4) is 0 Å². The minimum Gasteiger partial charge on any atom is -0.461 e. The van der Waals surface area contributed by atoms with E-state index in [1.807, 2.05) is 20.8 Å². The SMILES string of the molecule is COC(=O)N(Cc1ccc(C#N)cc1)c1cnc(C)c2c1COC(C)(C)O2. The van der Waals surface area contributed by atoms with Gasteiger partial charge >= 0.3 is 6.09 Å². The first-order valence-corrected chi connectivity index (χ1v) is 8.50. The molecule has 1 amide bonds. The number of benzene rings is 1. The Hall–Kier alpha value is -3.11. The van der Waals surface area contributed by atoms with Gasteiger partial charge in [-0.25, -0.2) is 4.79 Å². The van der Waals surface area contributed by atoms with Crippen molar-refractivity contribution in [3.63, 3.8) is 0 Å². The molecule has 1 aliphatic rings. The second kappa shape index (κ2) is 7.25. The molecule has 1 aliphatic heterocycles. The number of nitriles is 1. The van der Waals surface area contributed by atoms with Crippen LogP contribution in [0.4, 0.5) is 10.5 Å². The Balaban J connectivity index is 2.01. The van der Waals surface area contributed by atoms with Crippen LogP contribution in [0.25, 0.3) is 0 Å². The Morgan fingerprint density at radius 2 is 2.07 bits per heavy atom. The van der Waals surface area contributed by atoms with Gasteiger partial charge in [-0.05, 0) is 24.6 Å². The lowest BCUT2D eigenvalue weighted by atomic mass is 10.1. The molecule has 1 aromatic carbocycles. The van der Waals surface area contributed by atoms with Crippen molar-refractivity contribution in [1.82, 2.24) is 4.98 Å². The number of ether oxygens (including phenoxy) is 3. The number of pyridine rings is 1. The van der Waals surface area contributed by atoms with Crippen molar-refractivity contribution in [2.45, 2.75) is 39.7 Å². The largest absolute Gasteiger partial charge is 0.461 e. The molecule has 0 fully saturated rings. The van der Waals surface area contributed by atoms with E-state index in [1.54, 1.807) is 30.5 Å². The standard InChI is InChI=1S/C20H21N3O4/c1-13-18-16(12-26-20(2,3)27-18)17(10-22-13)23(19(24)25-4)11-15-7-5-14(9-21)6-8-15/h5-8,10H,11-12H2,1-4H3. The summed E-state index contributed by atoms with van der Waals surface area (Å²) in [7, 11) is 1.33. The molecule has 3 rings (SSSR count). The predicted octanol–water partition coefficient (Wildman–Crippen LogP) is 3.68. The minimum atomic E-state index is -0.763. The molecule has 0 saturated carbocycles. The van der Waals surface area contributed by atoms with E-state index in [2.05, 4.69) is 11.1 Å². The van der Waals surface area contributed by atoms with Crippen LogP contribution in [0.5, 0.6) is 5.75 Å². The van der Waals surface area contributed by atoms with Crippen molar-refractivity contribution in [1.29, 1.82) is 5.26 Å². The molecule has 7 nitrogen and oxygen atoms in total. The third-order valence-corrected chi connectivity index (χ3v) is 4.31. The topological polar surface area (TPSA) is 84.7 Å². The van der Waals surface area contributed by atoms with Gasteiger partial charge in [0.25, 0.3) is 0 Å². The molecule has 0 radical (unpaired) electrons. The van der Waals surface area contributed by atoms with Crippen molar-refractivity contribution in [3.05, 3.63) is 52.8 Å². The number of amides is 1. The number of carbonyl (C=O) groups is 1. The van der Waals surface area contributed by atoms with Crippen LogP contribution in [0.2, 0.25) is 0 Å². The summed E-state index contributed by atoms with van der Waals surface area (Å²) in [4.78, 5) is 18.4. The molecule has 2 heterocycles. The lowest BCUT2D eigenvalue weighted by Gasteiger charge is -2.35. The van der Waals surface area contributed by atoms with Crippen LogP contribution in [0, 0.1) is 18.3 Å². The van der Waals surface area contributed by atoms with Gasteiger partial charge in [0.2, 0.25) is 5.79 Å². The van der Waals surface area contributed by atoms with Crippen molar-refractivity contribution in [2.24, 2.45) is 0 Å². The molecular formula is C20H21N3O4. The number of methoxy groups -OCH3 is 1. The van der Waals surface area contributed by atoms with Crippen LogP contribution >= 0.6 is 0 Å². The number of fused-ring (bicyclic) bond motifs is 1. The highest BCUT2D eigenvalue weighted by Crippen LogP contribution is 2.39. The number of hydrogen-bond acceptors (Lipinski definition) is 6.